The maximum Gasteiger partial charge on any atom is 0.243 e. The number of hydrogen-bond donors (Lipinski definition) is 3. The lowest BCUT2D eigenvalue weighted by Crippen LogP contribution is -2.19. The Kier molecular flexibility index (Phi) is 42.1. The third kappa shape index (κ3) is 30.1. The molecule has 0 spiro atoms. The first-order valence-electron chi connectivity index (χ1n) is 18.4. The van der Waals surface area contributed by atoms with Crippen LogP contribution in [0.4, 0.5) is 0 Å². The van der Waals surface area contributed by atoms with Gasteiger partial charge in [0.25, 0.3) is 0 Å². The van der Waals surface area contributed by atoms with E-state index in [1.54, 1.807) is 19.3 Å². The van der Waals surface area contributed by atoms with Crippen LogP contribution in [0.2, 0.25) is 5.02 Å². The highest BCUT2D eigenvalue weighted by Crippen LogP contribution is 2.24. The van der Waals surface area contributed by atoms with Gasteiger partial charge in [-0.15, -0.1) is 9.24 Å². The van der Waals surface area contributed by atoms with Crippen molar-refractivity contribution in [1.82, 2.24) is 5.32 Å². The standard InChI is InChI=1S/C17H26NOP.C12H22O2.C8H9ClO.2C2H6.CH5N/c1-3-18-17(19)12-8-7-9-14(2)16(20)13-15-10-5-4-6-11-15;1-5-8-10(4)14-12(7-3)11(13)9-6-2;1-6-3-4-8(10-2)7(9)5-6;3*1-2/h4-6,8,10-12,14,16H,3,7,9,13,20H2,1-2H3,(H,18,19);9,12-13H,4-8H2,1-3H3;3-5H,1-2H3;2*1-2H3;2H2,1H3/b12-8+;11-9+;;;;. The molecule has 0 saturated heterocycles. The Labute approximate surface area is 315 Å². The lowest BCUT2D eigenvalue weighted by atomic mass is 9.96. The molecule has 0 aliphatic carbocycles. The highest BCUT2D eigenvalue weighted by Gasteiger charge is 2.13. The first-order valence-corrected chi connectivity index (χ1v) is 19.4. The molecule has 2 aromatic rings. The maximum absolute atomic E-state index is 11.3. The Balaban J connectivity index is -0.000000308. The number of aliphatic hydroxyl groups is 1. The van der Waals surface area contributed by atoms with Crippen LogP contribution in [-0.4, -0.2) is 43.5 Å². The number of hydrogen-bond acceptors (Lipinski definition) is 5. The molecule has 1 amide bonds. The third-order valence-electron chi connectivity index (χ3n) is 6.71. The van der Waals surface area contributed by atoms with E-state index < -0.39 is 0 Å². The van der Waals surface area contributed by atoms with Crippen molar-refractivity contribution in [2.75, 3.05) is 20.7 Å². The largest absolute Gasteiger partial charge is 0.509 e. The normalized spacial score (nSPS) is 11.8. The first kappa shape index (κ1) is 54.0. The Morgan fingerprint density at radius 3 is 2.14 bits per heavy atom. The molecule has 0 saturated carbocycles. The zero-order valence-corrected chi connectivity index (χ0v) is 35.6. The first-order chi connectivity index (χ1) is 24.0. The van der Waals surface area contributed by atoms with Gasteiger partial charge in [-0.1, -0.05) is 116 Å². The predicted molar refractivity (Wildman–Crippen MR) is 226 cm³/mol. The van der Waals surface area contributed by atoms with Crippen molar-refractivity contribution in [1.29, 1.82) is 0 Å². The van der Waals surface area contributed by atoms with Gasteiger partial charge in [-0.05, 0) is 106 Å². The van der Waals surface area contributed by atoms with Crippen molar-refractivity contribution in [3.05, 3.63) is 101 Å². The number of methoxy groups -OCH3 is 1. The van der Waals surface area contributed by atoms with E-state index >= 15 is 0 Å². The number of benzene rings is 2. The van der Waals surface area contributed by atoms with Crippen LogP contribution in [0.5, 0.6) is 5.75 Å². The molecule has 6 nitrogen and oxygen atoms in total. The molecule has 0 fully saturated rings. The van der Waals surface area contributed by atoms with Crippen LogP contribution in [0.3, 0.4) is 0 Å². The topological polar surface area (TPSA) is 93.8 Å². The fourth-order valence-corrected chi connectivity index (χ4v) is 4.86. The van der Waals surface area contributed by atoms with Gasteiger partial charge < -0.3 is 25.6 Å². The lowest BCUT2D eigenvalue weighted by molar-refractivity contribution is -0.116. The second-order valence-electron chi connectivity index (χ2n) is 10.7. The number of aliphatic hydroxyl groups excluding tert-OH is 1. The molecule has 2 rings (SSSR count). The molecule has 0 heterocycles. The number of rotatable bonds is 16. The van der Waals surface area contributed by atoms with E-state index in [0.717, 1.165) is 62.0 Å². The Morgan fingerprint density at radius 2 is 1.66 bits per heavy atom. The second-order valence-corrected chi connectivity index (χ2v) is 11.9. The summed E-state index contributed by atoms with van der Waals surface area (Å²) in [5.74, 6) is 2.45. The molecule has 50 heavy (non-hydrogen) atoms. The summed E-state index contributed by atoms with van der Waals surface area (Å²) in [4.78, 5) is 11.3. The quantitative estimate of drug-likeness (QED) is 0.0906. The number of halogens is 1. The summed E-state index contributed by atoms with van der Waals surface area (Å²) >= 11 is 5.80. The smallest absolute Gasteiger partial charge is 0.243 e. The molecule has 0 aliphatic heterocycles. The van der Waals surface area contributed by atoms with Gasteiger partial charge in [-0.2, -0.15) is 0 Å². The maximum atomic E-state index is 11.3. The van der Waals surface area contributed by atoms with Crippen molar-refractivity contribution in [3.63, 3.8) is 0 Å². The SMILES string of the molecule is C=C(CCC)OC(CC)/C(O)=C\CC.CC.CC.CCNC(=O)/C=C/CCC(C)C(P)Cc1ccccc1.CN.COc1ccc(C)cc1Cl. The molecular formula is C42H74ClN2O4P. The van der Waals surface area contributed by atoms with Crippen LogP contribution in [0, 0.1) is 12.8 Å². The number of carbonyl (C=O) groups excluding carboxylic acids is 1. The van der Waals surface area contributed by atoms with E-state index in [0.29, 0.717) is 28.9 Å². The highest BCUT2D eigenvalue weighted by atomic mass is 35.5. The average Bonchev–Trinajstić information content (AvgIpc) is 3.13. The van der Waals surface area contributed by atoms with Crippen molar-refractivity contribution in [3.8, 4) is 5.75 Å². The highest BCUT2D eigenvalue weighted by molar-refractivity contribution is 7.17. The number of nitrogens with one attached hydrogen (secondary N) is 1. The van der Waals surface area contributed by atoms with Crippen LogP contribution < -0.4 is 15.8 Å². The minimum absolute atomic E-state index is 0.00635. The summed E-state index contributed by atoms with van der Waals surface area (Å²) in [6.07, 6.45) is 11.8. The molecule has 8 heteroatoms. The van der Waals surface area contributed by atoms with Gasteiger partial charge in [0.2, 0.25) is 5.91 Å². The molecule has 4 N–H and O–H groups in total. The van der Waals surface area contributed by atoms with Crippen LogP contribution in [0.1, 0.15) is 112 Å². The third-order valence-corrected chi connectivity index (χ3v) is 7.90. The Hall–Kier alpha value is -2.79. The molecule has 4 atom stereocenters. The lowest BCUT2D eigenvalue weighted by Gasteiger charge is -2.19. The molecule has 0 aromatic heterocycles. The number of likely N-dealkylation sites (N-methyl/N-ethyl adjacent to an activating group) is 1. The average molecular weight is 737 g/mol. The summed E-state index contributed by atoms with van der Waals surface area (Å²) in [7, 11) is 6.07. The van der Waals surface area contributed by atoms with E-state index in [-0.39, 0.29) is 12.0 Å². The molecule has 288 valence electrons. The van der Waals surface area contributed by atoms with Gasteiger partial charge in [0, 0.05) is 13.0 Å². The number of carbonyl (C=O) groups is 1. The zero-order valence-electron chi connectivity index (χ0n) is 33.7. The van der Waals surface area contributed by atoms with Crippen molar-refractivity contribution < 1.29 is 19.4 Å². The van der Waals surface area contributed by atoms with Gasteiger partial charge >= 0.3 is 0 Å². The Bertz CT molecular complexity index is 1130. The number of ether oxygens (including phenoxy) is 2. The van der Waals surface area contributed by atoms with Crippen molar-refractivity contribution in [2.45, 2.75) is 126 Å². The van der Waals surface area contributed by atoms with Crippen molar-refractivity contribution >= 4 is 26.7 Å². The van der Waals surface area contributed by atoms with Crippen LogP contribution in [0.15, 0.2) is 84.9 Å². The number of allylic oxidation sites excluding steroid dienone is 3. The van der Waals surface area contributed by atoms with Crippen molar-refractivity contribution in [2.24, 2.45) is 11.7 Å². The van der Waals surface area contributed by atoms with Gasteiger partial charge in [0.1, 0.15) is 11.5 Å². The van der Waals surface area contributed by atoms with Crippen LogP contribution in [-0.2, 0) is 16.0 Å². The molecule has 4 unspecified atom stereocenters. The number of nitrogens with two attached hydrogens (primary N) is 1. The summed E-state index contributed by atoms with van der Waals surface area (Å²) < 4.78 is 10.5. The van der Waals surface area contributed by atoms with E-state index in [1.165, 1.54) is 12.6 Å². The monoisotopic (exact) mass is 737 g/mol. The van der Waals surface area contributed by atoms with Gasteiger partial charge in [0.05, 0.1) is 17.9 Å². The fraction of sp³-hybridized carbons (Fsp3) is 0.548. The van der Waals surface area contributed by atoms with E-state index in [1.807, 2.05) is 79.7 Å². The molecular weight excluding hydrogens is 663 g/mol. The van der Waals surface area contributed by atoms with Crippen LogP contribution in [0.25, 0.3) is 0 Å². The minimum Gasteiger partial charge on any atom is -0.509 e. The Morgan fingerprint density at radius 1 is 1.06 bits per heavy atom. The zero-order chi connectivity index (χ0) is 39.3. The van der Waals surface area contributed by atoms with Gasteiger partial charge in [-0.25, -0.2) is 0 Å². The van der Waals surface area contributed by atoms with Gasteiger partial charge in [-0.3, -0.25) is 4.79 Å². The second kappa shape index (κ2) is 39.0. The predicted octanol–water partition coefficient (Wildman–Crippen LogP) is 11.8. The molecule has 0 bridgehead atoms. The summed E-state index contributed by atoms with van der Waals surface area (Å²) in [5.41, 5.74) is 7.61. The van der Waals surface area contributed by atoms with Crippen LogP contribution >= 0.6 is 20.8 Å². The number of amides is 1. The van der Waals surface area contributed by atoms with E-state index in [2.05, 4.69) is 71.0 Å². The van der Waals surface area contributed by atoms with Gasteiger partial charge in [0.15, 0.2) is 6.10 Å². The summed E-state index contributed by atoms with van der Waals surface area (Å²) in [6, 6.07) is 16.3. The van der Waals surface area contributed by atoms with E-state index in [9.17, 15) is 9.90 Å². The summed E-state index contributed by atoms with van der Waals surface area (Å²) in [6.45, 7) is 24.8. The summed E-state index contributed by atoms with van der Waals surface area (Å²) in [5, 5.41) is 13.0. The molecule has 0 radical (unpaired) electrons. The fourth-order valence-electron chi connectivity index (χ4n) is 4.09. The van der Waals surface area contributed by atoms with E-state index in [4.69, 9.17) is 21.1 Å². The minimum atomic E-state index is -0.214. The molecule has 2 aromatic carbocycles. The number of aryl methyl sites for hydroxylation is 1. The molecule has 0 aliphatic rings.